The van der Waals surface area contributed by atoms with Gasteiger partial charge in [-0.05, 0) is 148 Å². The molecule has 0 aliphatic carbocycles. The second-order valence-electron chi connectivity index (χ2n) is 19.3. The fraction of sp³-hybridized carbons (Fsp3) is 0.0448. The van der Waals surface area contributed by atoms with E-state index in [2.05, 4.69) is 219 Å². The maximum Gasteiger partial charge on any atom is 0.143 e. The predicted molar refractivity (Wildman–Crippen MR) is 297 cm³/mol. The van der Waals surface area contributed by atoms with Gasteiger partial charge in [-0.3, -0.25) is 0 Å². The van der Waals surface area contributed by atoms with E-state index in [9.17, 15) is 0 Å². The average molecular weight is 894 g/mol. The molecule has 0 fully saturated rings. The molecule has 15 rings (SSSR count). The number of nitrogens with zero attached hydrogens (tertiary/aromatic N) is 1. The molecule has 0 aliphatic rings. The number of furan rings is 2. The fourth-order valence-corrected chi connectivity index (χ4v) is 11.8. The Labute approximate surface area is 403 Å². The van der Waals surface area contributed by atoms with Crippen molar-refractivity contribution in [2.24, 2.45) is 0 Å². The zero-order valence-corrected chi connectivity index (χ0v) is 38.6. The molecule has 13 aromatic carbocycles. The number of hydrogen-bond acceptors (Lipinski definition) is 3. The Bertz CT molecular complexity index is 4610. The summed E-state index contributed by atoms with van der Waals surface area (Å²) >= 11 is 0. The molecule has 0 spiro atoms. The van der Waals surface area contributed by atoms with Crippen LogP contribution in [0.1, 0.15) is 25.3 Å². The van der Waals surface area contributed by atoms with E-state index in [1.165, 1.54) is 81.3 Å². The van der Waals surface area contributed by atoms with Crippen LogP contribution in [0.15, 0.2) is 227 Å². The van der Waals surface area contributed by atoms with Gasteiger partial charge in [0.2, 0.25) is 0 Å². The van der Waals surface area contributed by atoms with Crippen molar-refractivity contribution in [2.75, 3.05) is 4.90 Å². The maximum absolute atomic E-state index is 6.48. The normalized spacial score (nSPS) is 12.3. The van der Waals surface area contributed by atoms with E-state index >= 15 is 0 Å². The monoisotopic (exact) mass is 893 g/mol. The number of fused-ring (bicyclic) bond motifs is 12. The van der Waals surface area contributed by atoms with Gasteiger partial charge < -0.3 is 13.7 Å². The van der Waals surface area contributed by atoms with Gasteiger partial charge in [-0.15, -0.1) is 0 Å². The molecule has 328 valence electrons. The average Bonchev–Trinajstić information content (AvgIpc) is 3.99. The largest absolute Gasteiger partial charge is 0.456 e. The molecular formula is C67H43NO2. The highest BCUT2D eigenvalue weighted by Crippen LogP contribution is 2.48. The molecule has 2 aromatic heterocycles. The van der Waals surface area contributed by atoms with E-state index in [1.54, 1.807) is 0 Å². The van der Waals surface area contributed by atoms with Crippen molar-refractivity contribution in [3.63, 3.8) is 0 Å². The molecule has 0 bridgehead atoms. The molecule has 0 radical (unpaired) electrons. The lowest BCUT2D eigenvalue weighted by Crippen LogP contribution is -2.11. The quantitative estimate of drug-likeness (QED) is 0.156. The summed E-state index contributed by atoms with van der Waals surface area (Å²) in [5.74, 6) is 0.431. The summed E-state index contributed by atoms with van der Waals surface area (Å²) < 4.78 is 12.9. The fourth-order valence-electron chi connectivity index (χ4n) is 11.8. The van der Waals surface area contributed by atoms with Crippen molar-refractivity contribution in [2.45, 2.75) is 19.8 Å². The van der Waals surface area contributed by atoms with Crippen LogP contribution in [0.25, 0.3) is 131 Å². The highest BCUT2D eigenvalue weighted by molar-refractivity contribution is 6.30. The molecule has 0 amide bonds. The van der Waals surface area contributed by atoms with E-state index in [0.29, 0.717) is 5.92 Å². The third kappa shape index (κ3) is 5.69. The van der Waals surface area contributed by atoms with E-state index in [-0.39, 0.29) is 0 Å². The summed E-state index contributed by atoms with van der Waals surface area (Å²) in [5, 5.41) is 19.5. The molecule has 0 saturated heterocycles. The molecule has 0 N–H and O–H groups in total. The minimum atomic E-state index is 0.431. The summed E-state index contributed by atoms with van der Waals surface area (Å²) in [4.78, 5) is 2.43. The van der Waals surface area contributed by atoms with Gasteiger partial charge in [0.25, 0.3) is 0 Å². The van der Waals surface area contributed by atoms with Crippen molar-refractivity contribution < 1.29 is 8.83 Å². The van der Waals surface area contributed by atoms with Crippen LogP contribution in [0, 0.1) is 0 Å². The van der Waals surface area contributed by atoms with Crippen molar-refractivity contribution in [1.82, 2.24) is 0 Å². The summed E-state index contributed by atoms with van der Waals surface area (Å²) in [7, 11) is 0. The Kier molecular flexibility index (Phi) is 8.26. The van der Waals surface area contributed by atoms with Gasteiger partial charge in [0, 0.05) is 43.9 Å². The molecule has 0 unspecified atom stereocenters. The smallest absolute Gasteiger partial charge is 0.143 e. The molecule has 3 nitrogen and oxygen atoms in total. The Morgan fingerprint density at radius 1 is 0.329 bits per heavy atom. The summed E-state index contributed by atoms with van der Waals surface area (Å²) in [5.41, 5.74) is 12.9. The molecule has 3 heteroatoms. The van der Waals surface area contributed by atoms with Gasteiger partial charge in [-0.2, -0.15) is 0 Å². The number of para-hydroxylation sites is 3. The van der Waals surface area contributed by atoms with E-state index in [4.69, 9.17) is 8.83 Å². The molecule has 0 atom stereocenters. The van der Waals surface area contributed by atoms with Gasteiger partial charge in [-0.25, -0.2) is 0 Å². The maximum atomic E-state index is 6.48. The number of anilines is 3. The van der Waals surface area contributed by atoms with Crippen LogP contribution in [-0.4, -0.2) is 0 Å². The van der Waals surface area contributed by atoms with Gasteiger partial charge in [0.15, 0.2) is 0 Å². The Morgan fingerprint density at radius 3 is 1.61 bits per heavy atom. The topological polar surface area (TPSA) is 29.5 Å². The second kappa shape index (κ2) is 14.8. The molecule has 2 heterocycles. The number of rotatable bonds is 6. The lowest BCUT2D eigenvalue weighted by molar-refractivity contribution is 0.669. The molecule has 15 aromatic rings. The lowest BCUT2D eigenvalue weighted by atomic mass is 9.87. The number of hydrogen-bond donors (Lipinski definition) is 0. The Balaban J connectivity index is 0.900. The predicted octanol–water partition coefficient (Wildman–Crippen LogP) is 19.8. The Hall–Kier alpha value is -8.92. The standard InChI is InChI=1S/C67H43NO2/c1-39(2)40-18-27-45(28-19-40)68(46-29-20-41(21-30-46)48-14-9-15-55-52-12-5-8-17-63(52)70-67(48)55)61-35-26-43-23-33-54-47(31-22-42-24-34-56(61)66(43)65(42)54)44-25-32-51-57(36-44)49-10-3-4-11-50(49)58-37-60-53-13-6-7-16-62(53)69-64(60)38-59(51)58/h3-39H,1-2H3. The van der Waals surface area contributed by atoms with E-state index < -0.39 is 0 Å². The highest BCUT2D eigenvalue weighted by Gasteiger charge is 2.22. The summed E-state index contributed by atoms with van der Waals surface area (Å²) in [6.07, 6.45) is 0. The zero-order chi connectivity index (χ0) is 46.2. The van der Waals surface area contributed by atoms with Crippen LogP contribution >= 0.6 is 0 Å². The third-order valence-corrected chi connectivity index (χ3v) is 15.2. The third-order valence-electron chi connectivity index (χ3n) is 15.2. The SMILES string of the molecule is CC(C)c1ccc(N(c2ccc(-c3cccc4c3oc3ccccc34)cc2)c2ccc3ccc4c(-c5ccc6c(c5)c5ccccc5c5cc7c(cc65)oc5ccccc57)ccc5ccc2c3c54)cc1. The minimum Gasteiger partial charge on any atom is -0.456 e. The first kappa shape index (κ1) is 39.1. The van der Waals surface area contributed by atoms with Crippen molar-refractivity contribution in [3.8, 4) is 22.3 Å². The number of benzene rings is 13. The van der Waals surface area contributed by atoms with Crippen LogP contribution in [0.3, 0.4) is 0 Å². The van der Waals surface area contributed by atoms with Crippen molar-refractivity contribution in [3.05, 3.63) is 224 Å². The van der Waals surface area contributed by atoms with Crippen LogP contribution < -0.4 is 4.90 Å². The van der Waals surface area contributed by atoms with Gasteiger partial charge in [-0.1, -0.05) is 172 Å². The summed E-state index contributed by atoms with van der Waals surface area (Å²) in [6.45, 7) is 4.51. The highest BCUT2D eigenvalue weighted by atomic mass is 16.3. The molecule has 0 aliphatic heterocycles. The van der Waals surface area contributed by atoms with Crippen LogP contribution in [0.2, 0.25) is 0 Å². The van der Waals surface area contributed by atoms with E-state index in [0.717, 1.165) is 72.1 Å². The molecule has 0 saturated carbocycles. The summed E-state index contributed by atoms with van der Waals surface area (Å²) in [6, 6.07) is 80.3. The second-order valence-corrected chi connectivity index (χ2v) is 19.3. The van der Waals surface area contributed by atoms with E-state index in [1.807, 2.05) is 18.2 Å². The zero-order valence-electron chi connectivity index (χ0n) is 38.6. The molecule has 70 heavy (non-hydrogen) atoms. The van der Waals surface area contributed by atoms with Crippen molar-refractivity contribution >= 4 is 126 Å². The first-order valence-electron chi connectivity index (χ1n) is 24.3. The van der Waals surface area contributed by atoms with Crippen LogP contribution in [0.4, 0.5) is 17.1 Å². The van der Waals surface area contributed by atoms with Gasteiger partial charge >= 0.3 is 0 Å². The first-order chi connectivity index (χ1) is 34.5. The van der Waals surface area contributed by atoms with Gasteiger partial charge in [0.1, 0.15) is 22.3 Å². The van der Waals surface area contributed by atoms with Gasteiger partial charge in [0.05, 0.1) is 5.69 Å². The molecular weight excluding hydrogens is 851 g/mol. The first-order valence-corrected chi connectivity index (χ1v) is 24.3. The lowest BCUT2D eigenvalue weighted by Gasteiger charge is -2.28. The van der Waals surface area contributed by atoms with Crippen molar-refractivity contribution in [1.29, 1.82) is 0 Å². The van der Waals surface area contributed by atoms with Crippen LogP contribution in [-0.2, 0) is 0 Å². The minimum absolute atomic E-state index is 0.431. The van der Waals surface area contributed by atoms with Crippen LogP contribution in [0.5, 0.6) is 0 Å². The Morgan fingerprint density at radius 2 is 0.871 bits per heavy atom.